The Bertz CT molecular complexity index is 563. The van der Waals surface area contributed by atoms with Crippen molar-refractivity contribution in [2.45, 2.75) is 20.0 Å². The van der Waals surface area contributed by atoms with Crippen LogP contribution in [0.2, 0.25) is 5.15 Å². The van der Waals surface area contributed by atoms with Gasteiger partial charge in [-0.1, -0.05) is 11.6 Å². The molecular formula is C13H20ClN5O. The molecule has 20 heavy (non-hydrogen) atoms. The molecule has 110 valence electrons. The fourth-order valence-corrected chi connectivity index (χ4v) is 2.24. The van der Waals surface area contributed by atoms with Gasteiger partial charge in [0.05, 0.1) is 25.0 Å². The van der Waals surface area contributed by atoms with Crippen molar-refractivity contribution < 1.29 is 4.74 Å². The number of hydrogen-bond acceptors (Lipinski definition) is 4. The second-order valence-corrected chi connectivity index (χ2v) is 5.05. The number of methoxy groups -OCH3 is 1. The molecule has 0 atom stereocenters. The van der Waals surface area contributed by atoms with Crippen molar-refractivity contribution in [2.24, 2.45) is 7.05 Å². The molecule has 0 aliphatic heterocycles. The molecule has 0 fully saturated rings. The van der Waals surface area contributed by atoms with Crippen molar-refractivity contribution in [2.75, 3.05) is 20.3 Å². The van der Waals surface area contributed by atoms with Crippen LogP contribution in [0.4, 0.5) is 0 Å². The van der Waals surface area contributed by atoms with E-state index in [1.807, 2.05) is 31.0 Å². The van der Waals surface area contributed by atoms with Gasteiger partial charge in [-0.3, -0.25) is 9.36 Å². The lowest BCUT2D eigenvalue weighted by Gasteiger charge is -2.02. The second kappa shape index (κ2) is 6.88. The first kappa shape index (κ1) is 15.0. The van der Waals surface area contributed by atoms with Gasteiger partial charge in [-0.15, -0.1) is 0 Å². The molecule has 6 nitrogen and oxygen atoms in total. The van der Waals surface area contributed by atoms with E-state index in [0.717, 1.165) is 29.9 Å². The molecule has 0 radical (unpaired) electrons. The average molecular weight is 298 g/mol. The summed E-state index contributed by atoms with van der Waals surface area (Å²) in [6.07, 6.45) is 3.88. The molecule has 2 heterocycles. The molecule has 2 aromatic rings. The Morgan fingerprint density at radius 2 is 2.25 bits per heavy atom. The minimum absolute atomic E-state index is 0.635. The van der Waals surface area contributed by atoms with E-state index in [9.17, 15) is 0 Å². The molecule has 0 aliphatic rings. The van der Waals surface area contributed by atoms with Crippen LogP contribution in [0, 0.1) is 6.92 Å². The van der Waals surface area contributed by atoms with Crippen molar-refractivity contribution in [3.8, 4) is 0 Å². The maximum absolute atomic E-state index is 6.22. The summed E-state index contributed by atoms with van der Waals surface area (Å²) in [5.41, 5.74) is 3.09. The minimum atomic E-state index is 0.635. The molecule has 0 unspecified atom stereocenters. The predicted molar refractivity (Wildman–Crippen MR) is 77.9 cm³/mol. The fraction of sp³-hybridized carbons (Fsp3) is 0.538. The molecule has 0 spiro atoms. The summed E-state index contributed by atoms with van der Waals surface area (Å²) in [5, 5.41) is 12.6. The monoisotopic (exact) mass is 297 g/mol. The number of rotatable bonds is 7. The van der Waals surface area contributed by atoms with E-state index in [-0.39, 0.29) is 0 Å². The second-order valence-electron chi connectivity index (χ2n) is 4.69. The molecule has 0 aromatic carbocycles. The third-order valence-corrected chi connectivity index (χ3v) is 3.56. The molecule has 0 amide bonds. The zero-order valence-corrected chi connectivity index (χ0v) is 12.8. The summed E-state index contributed by atoms with van der Waals surface area (Å²) in [6.45, 7) is 4.91. The van der Waals surface area contributed by atoms with Crippen LogP contribution in [-0.4, -0.2) is 39.8 Å². The lowest BCUT2D eigenvalue weighted by Crippen LogP contribution is -2.18. The van der Waals surface area contributed by atoms with Gasteiger partial charge in [0, 0.05) is 44.6 Å². The summed E-state index contributed by atoms with van der Waals surface area (Å²) < 4.78 is 8.55. The van der Waals surface area contributed by atoms with Gasteiger partial charge >= 0.3 is 0 Å². The number of nitrogens with zero attached hydrogens (tertiary/aromatic N) is 4. The molecule has 0 aliphatic carbocycles. The van der Waals surface area contributed by atoms with Crippen LogP contribution in [0.5, 0.6) is 0 Å². The first-order valence-corrected chi connectivity index (χ1v) is 6.88. The number of aryl methyl sites for hydroxylation is 2. The van der Waals surface area contributed by atoms with Gasteiger partial charge in [0.1, 0.15) is 5.15 Å². The van der Waals surface area contributed by atoms with Gasteiger partial charge in [0.25, 0.3) is 0 Å². The highest BCUT2D eigenvalue weighted by molar-refractivity contribution is 6.30. The van der Waals surface area contributed by atoms with Crippen LogP contribution in [0.3, 0.4) is 0 Å². The van der Waals surface area contributed by atoms with Crippen molar-refractivity contribution >= 4 is 11.6 Å². The topological polar surface area (TPSA) is 56.9 Å². The third kappa shape index (κ3) is 3.59. The number of aromatic nitrogens is 4. The Hall–Kier alpha value is -1.37. The highest BCUT2D eigenvalue weighted by Crippen LogP contribution is 2.19. The maximum atomic E-state index is 6.22. The summed E-state index contributed by atoms with van der Waals surface area (Å²) in [6, 6.07) is 0. The molecule has 1 N–H and O–H groups in total. The number of ether oxygens (including phenoxy) is 1. The normalized spacial score (nSPS) is 11.2. The molecule has 2 rings (SSSR count). The number of nitrogens with one attached hydrogen (secondary N) is 1. The molecule has 0 saturated carbocycles. The lowest BCUT2D eigenvalue weighted by molar-refractivity contribution is 0.199. The molecule has 0 bridgehead atoms. The van der Waals surface area contributed by atoms with Crippen LogP contribution in [0.25, 0.3) is 0 Å². The van der Waals surface area contributed by atoms with Gasteiger partial charge < -0.3 is 10.1 Å². The van der Waals surface area contributed by atoms with Crippen molar-refractivity contribution in [3.05, 3.63) is 34.4 Å². The molecule has 7 heteroatoms. The van der Waals surface area contributed by atoms with E-state index in [1.54, 1.807) is 11.8 Å². The van der Waals surface area contributed by atoms with E-state index < -0.39 is 0 Å². The Balaban J connectivity index is 1.95. The van der Waals surface area contributed by atoms with Crippen LogP contribution in [0.15, 0.2) is 12.4 Å². The first-order chi connectivity index (χ1) is 9.61. The largest absolute Gasteiger partial charge is 0.383 e. The Labute approximate surface area is 123 Å². The standard InChI is InChI=1S/C13H20ClN5O/c1-10-12(13(14)18(2)17-10)9-19-8-11(7-16-19)6-15-4-5-20-3/h7-8,15H,4-6,9H2,1-3H3. The van der Waals surface area contributed by atoms with Gasteiger partial charge in [-0.25, -0.2) is 0 Å². The number of hydrogen-bond donors (Lipinski definition) is 1. The van der Waals surface area contributed by atoms with Crippen molar-refractivity contribution in [1.82, 2.24) is 24.9 Å². The third-order valence-electron chi connectivity index (χ3n) is 3.09. The Morgan fingerprint density at radius 1 is 1.45 bits per heavy atom. The molecule has 2 aromatic heterocycles. The average Bonchev–Trinajstić information content (AvgIpc) is 2.96. The van der Waals surface area contributed by atoms with Gasteiger partial charge in [0.2, 0.25) is 0 Å². The van der Waals surface area contributed by atoms with Gasteiger partial charge in [0.15, 0.2) is 0 Å². The summed E-state index contributed by atoms with van der Waals surface area (Å²) in [7, 11) is 3.53. The van der Waals surface area contributed by atoms with Crippen molar-refractivity contribution in [3.63, 3.8) is 0 Å². The van der Waals surface area contributed by atoms with Crippen LogP contribution in [-0.2, 0) is 24.9 Å². The van der Waals surface area contributed by atoms with E-state index >= 15 is 0 Å². The van der Waals surface area contributed by atoms with Crippen molar-refractivity contribution in [1.29, 1.82) is 0 Å². The summed E-state index contributed by atoms with van der Waals surface area (Å²) >= 11 is 6.22. The van der Waals surface area contributed by atoms with E-state index in [2.05, 4.69) is 15.5 Å². The number of halogens is 1. The van der Waals surface area contributed by atoms with E-state index in [4.69, 9.17) is 16.3 Å². The van der Waals surface area contributed by atoms with Crippen LogP contribution >= 0.6 is 11.6 Å². The first-order valence-electron chi connectivity index (χ1n) is 6.50. The predicted octanol–water partition coefficient (Wildman–Crippen LogP) is 1.36. The zero-order valence-electron chi connectivity index (χ0n) is 12.1. The summed E-state index contributed by atoms with van der Waals surface area (Å²) in [4.78, 5) is 0. The van der Waals surface area contributed by atoms with E-state index in [0.29, 0.717) is 18.3 Å². The lowest BCUT2D eigenvalue weighted by atomic mass is 10.2. The highest BCUT2D eigenvalue weighted by atomic mass is 35.5. The van der Waals surface area contributed by atoms with Gasteiger partial charge in [-0.2, -0.15) is 10.2 Å². The maximum Gasteiger partial charge on any atom is 0.132 e. The van der Waals surface area contributed by atoms with Crippen LogP contribution < -0.4 is 5.32 Å². The Kier molecular flexibility index (Phi) is 5.17. The zero-order chi connectivity index (χ0) is 14.5. The Morgan fingerprint density at radius 3 is 2.90 bits per heavy atom. The smallest absolute Gasteiger partial charge is 0.132 e. The van der Waals surface area contributed by atoms with E-state index in [1.165, 1.54) is 0 Å². The molecule has 0 saturated heterocycles. The highest BCUT2D eigenvalue weighted by Gasteiger charge is 2.12. The SMILES string of the molecule is COCCNCc1cnn(Cc2c(C)nn(C)c2Cl)c1. The molecular weight excluding hydrogens is 278 g/mol. The van der Waals surface area contributed by atoms with Crippen LogP contribution in [0.1, 0.15) is 16.8 Å². The minimum Gasteiger partial charge on any atom is -0.383 e. The fourth-order valence-electron chi connectivity index (χ4n) is 2.01. The quantitative estimate of drug-likeness (QED) is 0.784. The summed E-state index contributed by atoms with van der Waals surface area (Å²) in [5.74, 6) is 0. The van der Waals surface area contributed by atoms with Gasteiger partial charge in [-0.05, 0) is 6.92 Å².